The van der Waals surface area contributed by atoms with Crippen LogP contribution in [0.2, 0.25) is 10.0 Å². The number of halogens is 3. The van der Waals surface area contributed by atoms with E-state index < -0.39 is 17.8 Å². The molecule has 1 aromatic heterocycles. The van der Waals surface area contributed by atoms with Crippen molar-refractivity contribution in [2.24, 2.45) is 0 Å². The third-order valence-corrected chi connectivity index (χ3v) is 6.69. The van der Waals surface area contributed by atoms with Gasteiger partial charge in [-0.3, -0.25) is 4.79 Å². The molecule has 2 aliphatic rings. The van der Waals surface area contributed by atoms with Crippen molar-refractivity contribution in [3.8, 4) is 11.5 Å². The molecule has 3 N–H and O–H groups in total. The van der Waals surface area contributed by atoms with Crippen LogP contribution in [0, 0.1) is 5.82 Å². The third kappa shape index (κ3) is 4.44. The minimum atomic E-state index is -0.739. The minimum Gasteiger partial charge on any atom is -0.488 e. The maximum Gasteiger partial charge on any atom is 0.231 e. The van der Waals surface area contributed by atoms with Gasteiger partial charge in [-0.25, -0.2) is 9.37 Å². The van der Waals surface area contributed by atoms with Gasteiger partial charge >= 0.3 is 0 Å². The maximum atomic E-state index is 14.0. The Morgan fingerprint density at radius 1 is 1.38 bits per heavy atom. The summed E-state index contributed by atoms with van der Waals surface area (Å²) in [6, 6.07) is 2.74. The van der Waals surface area contributed by atoms with Crippen LogP contribution in [-0.2, 0) is 4.79 Å². The molecular weight excluding hydrogens is 458 g/mol. The number of hydrogen-bond donors (Lipinski definition) is 2. The predicted octanol–water partition coefficient (Wildman–Crippen LogP) is 3.94. The van der Waals surface area contributed by atoms with Gasteiger partial charge in [0.2, 0.25) is 11.7 Å². The molecule has 1 amide bonds. The smallest absolute Gasteiger partial charge is 0.231 e. The van der Waals surface area contributed by atoms with Gasteiger partial charge in [0, 0.05) is 28.4 Å². The van der Waals surface area contributed by atoms with Gasteiger partial charge in [0.15, 0.2) is 11.6 Å². The number of nitrogen functional groups attached to an aromatic ring is 1. The van der Waals surface area contributed by atoms with Crippen LogP contribution in [0.25, 0.3) is 0 Å². The monoisotopic (exact) mass is 482 g/mol. The highest BCUT2D eigenvalue weighted by molar-refractivity contribution is 6.36. The number of pyridine rings is 1. The van der Waals surface area contributed by atoms with E-state index in [0.717, 1.165) is 25.9 Å². The zero-order chi connectivity index (χ0) is 23.0. The van der Waals surface area contributed by atoms with Crippen molar-refractivity contribution in [2.75, 3.05) is 32.5 Å². The van der Waals surface area contributed by atoms with E-state index in [1.165, 1.54) is 18.3 Å². The maximum absolute atomic E-state index is 14.0. The molecule has 0 aliphatic carbocycles. The van der Waals surface area contributed by atoms with Gasteiger partial charge in [-0.15, -0.1) is 0 Å². The molecule has 1 saturated heterocycles. The van der Waals surface area contributed by atoms with Crippen molar-refractivity contribution in [1.29, 1.82) is 0 Å². The Bertz CT molecular complexity index is 1030. The fourth-order valence-electron chi connectivity index (χ4n) is 4.09. The number of rotatable bonds is 5. The first kappa shape index (κ1) is 22.9. The summed E-state index contributed by atoms with van der Waals surface area (Å²) in [4.78, 5) is 19.4. The summed E-state index contributed by atoms with van der Waals surface area (Å²) in [7, 11) is 2.07. The molecule has 2 aliphatic heterocycles. The number of likely N-dealkylation sites (tertiary alicyclic amines) is 1. The second-order valence-electron chi connectivity index (χ2n) is 8.22. The average Bonchev–Trinajstić information content (AvgIpc) is 3.19. The molecule has 32 heavy (non-hydrogen) atoms. The van der Waals surface area contributed by atoms with Crippen molar-refractivity contribution >= 4 is 34.9 Å². The Kier molecular flexibility index (Phi) is 6.65. The second-order valence-corrected chi connectivity index (χ2v) is 9.01. The van der Waals surface area contributed by atoms with Crippen LogP contribution in [0.15, 0.2) is 18.3 Å². The van der Waals surface area contributed by atoms with Crippen molar-refractivity contribution in [3.63, 3.8) is 0 Å². The number of aromatic nitrogens is 1. The number of fused-ring (bicyclic) bond motifs is 1. The molecule has 2 atom stereocenters. The normalized spacial score (nSPS) is 19.8. The number of piperidine rings is 1. The molecule has 172 valence electrons. The van der Waals surface area contributed by atoms with Gasteiger partial charge < -0.3 is 25.4 Å². The van der Waals surface area contributed by atoms with Crippen LogP contribution in [0.3, 0.4) is 0 Å². The molecule has 2 aromatic rings. The molecule has 1 aromatic carbocycles. The molecule has 7 nitrogen and oxygen atoms in total. The molecule has 1 unspecified atom stereocenters. The number of ether oxygens (including phenoxy) is 2. The van der Waals surface area contributed by atoms with Crippen LogP contribution in [0.4, 0.5) is 10.2 Å². The van der Waals surface area contributed by atoms with Crippen molar-refractivity contribution in [2.45, 2.75) is 37.8 Å². The Hall–Kier alpha value is -2.29. The second kappa shape index (κ2) is 9.29. The molecule has 10 heteroatoms. The molecule has 0 spiro atoms. The van der Waals surface area contributed by atoms with E-state index in [1.807, 2.05) is 0 Å². The zero-order valence-electron chi connectivity index (χ0n) is 17.8. The molecule has 0 bridgehead atoms. The number of benzene rings is 1. The quantitative estimate of drug-likeness (QED) is 0.627. The van der Waals surface area contributed by atoms with Crippen LogP contribution in [0.5, 0.6) is 11.5 Å². The predicted molar refractivity (Wildman–Crippen MR) is 121 cm³/mol. The lowest BCUT2D eigenvalue weighted by molar-refractivity contribution is -0.123. The topological polar surface area (TPSA) is 89.7 Å². The van der Waals surface area contributed by atoms with Gasteiger partial charge in [0.25, 0.3) is 0 Å². The van der Waals surface area contributed by atoms with Crippen LogP contribution in [-0.4, -0.2) is 48.6 Å². The summed E-state index contributed by atoms with van der Waals surface area (Å²) < 4.78 is 25.8. The Balaban J connectivity index is 1.55. The number of amides is 1. The van der Waals surface area contributed by atoms with Crippen molar-refractivity contribution < 1.29 is 18.7 Å². The fourth-order valence-corrected chi connectivity index (χ4v) is 4.77. The standard InChI is InChI=1S/C22H25Cl2FN4O3/c1-11(17-15(23)3-4-16(25)18(17)24)32-20-19-13(9-27-21(20)26)14(10-31-19)22(30)28-12-5-7-29(2)8-6-12/h3-4,9,11-12,14H,5-8,10H2,1-2H3,(H2,26,27)(H,28,30)/t11-,14?/m1/s1. The highest BCUT2D eigenvalue weighted by atomic mass is 35.5. The highest BCUT2D eigenvalue weighted by Gasteiger charge is 2.36. The summed E-state index contributed by atoms with van der Waals surface area (Å²) in [5.74, 6) is -0.599. The van der Waals surface area contributed by atoms with Gasteiger partial charge in [0.1, 0.15) is 24.4 Å². The fraction of sp³-hybridized carbons (Fsp3) is 0.455. The van der Waals surface area contributed by atoms with E-state index in [0.29, 0.717) is 16.9 Å². The largest absolute Gasteiger partial charge is 0.488 e. The van der Waals surface area contributed by atoms with Gasteiger partial charge in [-0.2, -0.15) is 0 Å². The van der Waals surface area contributed by atoms with Gasteiger partial charge in [-0.1, -0.05) is 23.2 Å². The molecular formula is C22H25Cl2FN4O3. The van der Waals surface area contributed by atoms with Gasteiger partial charge in [-0.05, 0) is 52.0 Å². The summed E-state index contributed by atoms with van der Waals surface area (Å²) in [6.07, 6.45) is 2.61. The van der Waals surface area contributed by atoms with Crippen LogP contribution < -0.4 is 20.5 Å². The zero-order valence-corrected chi connectivity index (χ0v) is 19.3. The first-order chi connectivity index (χ1) is 15.3. The summed E-state index contributed by atoms with van der Waals surface area (Å²) in [5, 5.41) is 3.26. The lowest BCUT2D eigenvalue weighted by Gasteiger charge is -2.30. The lowest BCUT2D eigenvalue weighted by Crippen LogP contribution is -2.45. The lowest BCUT2D eigenvalue weighted by atomic mass is 9.99. The number of nitrogens with two attached hydrogens (primary N) is 1. The Labute approximate surface area is 196 Å². The van der Waals surface area contributed by atoms with E-state index in [-0.39, 0.29) is 40.2 Å². The third-order valence-electron chi connectivity index (χ3n) is 5.98. The van der Waals surface area contributed by atoms with Crippen molar-refractivity contribution in [1.82, 2.24) is 15.2 Å². The van der Waals surface area contributed by atoms with E-state index >= 15 is 0 Å². The molecule has 0 saturated carbocycles. The van der Waals surface area contributed by atoms with Gasteiger partial charge in [0.05, 0.1) is 5.02 Å². The highest BCUT2D eigenvalue weighted by Crippen LogP contribution is 2.46. The first-order valence-corrected chi connectivity index (χ1v) is 11.2. The SMILES string of the molecule is C[C@@H](Oc1c(N)ncc2c1OCC2C(=O)NC1CCN(C)CC1)c1c(Cl)ccc(F)c1Cl. The Morgan fingerprint density at radius 3 is 2.81 bits per heavy atom. The number of hydrogen-bond acceptors (Lipinski definition) is 6. The number of carbonyl (C=O) groups is 1. The minimum absolute atomic E-state index is 0.0932. The summed E-state index contributed by atoms with van der Waals surface area (Å²) >= 11 is 12.3. The van der Waals surface area contributed by atoms with Crippen molar-refractivity contribution in [3.05, 3.63) is 45.3 Å². The van der Waals surface area contributed by atoms with E-state index in [4.69, 9.17) is 38.4 Å². The number of anilines is 1. The molecule has 1 fully saturated rings. The Morgan fingerprint density at radius 2 is 2.09 bits per heavy atom. The van der Waals surface area contributed by atoms with E-state index in [1.54, 1.807) is 6.92 Å². The number of nitrogens with one attached hydrogen (secondary N) is 1. The van der Waals surface area contributed by atoms with Crippen LogP contribution >= 0.6 is 23.2 Å². The van der Waals surface area contributed by atoms with E-state index in [9.17, 15) is 9.18 Å². The number of nitrogens with zero attached hydrogens (tertiary/aromatic N) is 2. The van der Waals surface area contributed by atoms with E-state index in [2.05, 4.69) is 22.2 Å². The molecule has 0 radical (unpaired) electrons. The first-order valence-electron chi connectivity index (χ1n) is 10.5. The van der Waals surface area contributed by atoms with Crippen LogP contribution in [0.1, 0.15) is 42.9 Å². The summed E-state index contributed by atoms with van der Waals surface area (Å²) in [5.41, 5.74) is 6.94. The number of carbonyl (C=O) groups excluding carboxylic acids is 1. The molecule has 3 heterocycles. The summed E-state index contributed by atoms with van der Waals surface area (Å²) in [6.45, 7) is 3.72. The molecule has 4 rings (SSSR count). The average molecular weight is 483 g/mol.